The van der Waals surface area contributed by atoms with Crippen LogP contribution in [0.5, 0.6) is 0 Å². The van der Waals surface area contributed by atoms with Gasteiger partial charge >= 0.3 is 5.63 Å². The molecule has 0 unspecified atom stereocenters. The second-order valence-corrected chi connectivity index (χ2v) is 5.77. The zero-order valence-corrected chi connectivity index (χ0v) is 13.9. The third kappa shape index (κ3) is 3.13. The highest BCUT2D eigenvalue weighted by molar-refractivity contribution is 6.16. The molecule has 4 aromatic rings. The van der Waals surface area contributed by atoms with Crippen molar-refractivity contribution in [3.63, 3.8) is 0 Å². The molecule has 1 N–H and O–H groups in total. The van der Waals surface area contributed by atoms with E-state index in [0.717, 1.165) is 16.8 Å². The van der Waals surface area contributed by atoms with Crippen molar-refractivity contribution >= 4 is 11.4 Å². The Balaban J connectivity index is 1.96. The predicted molar refractivity (Wildman–Crippen MR) is 103 cm³/mol. The quantitative estimate of drug-likeness (QED) is 0.542. The molecule has 0 saturated heterocycles. The van der Waals surface area contributed by atoms with Gasteiger partial charge in [0, 0.05) is 11.1 Å². The summed E-state index contributed by atoms with van der Waals surface area (Å²) in [6, 6.07) is 28.8. The number of para-hydroxylation sites is 1. The molecule has 1 heterocycles. The van der Waals surface area contributed by atoms with Crippen LogP contribution in [0.3, 0.4) is 0 Å². The van der Waals surface area contributed by atoms with E-state index in [1.807, 2.05) is 91.0 Å². The maximum Gasteiger partial charge on any atom is 0.367 e. The molecule has 0 aliphatic rings. The Morgan fingerprint density at radius 3 is 2.00 bits per heavy atom. The summed E-state index contributed by atoms with van der Waals surface area (Å²) < 4.78 is 5.13. The lowest BCUT2D eigenvalue weighted by molar-refractivity contribution is 0.393. The third-order valence-electron chi connectivity index (χ3n) is 4.04. The van der Waals surface area contributed by atoms with Crippen LogP contribution < -0.4 is 5.63 Å². The number of hydrogen-bond donors (Lipinski definition) is 1. The fourth-order valence-electron chi connectivity index (χ4n) is 2.82. The first-order valence-corrected chi connectivity index (χ1v) is 8.29. The lowest BCUT2D eigenvalue weighted by atomic mass is 9.99. The minimum absolute atomic E-state index is 0.422. The third-order valence-corrected chi connectivity index (χ3v) is 4.04. The minimum atomic E-state index is -0.442. The predicted octanol–water partition coefficient (Wildman–Crippen LogP) is 4.80. The van der Waals surface area contributed by atoms with Crippen LogP contribution in [0.15, 0.2) is 105 Å². The van der Waals surface area contributed by atoms with Gasteiger partial charge in [0.1, 0.15) is 5.56 Å². The number of H-pyrrole nitrogens is 1. The van der Waals surface area contributed by atoms with E-state index in [1.54, 1.807) is 0 Å². The maximum atomic E-state index is 12.5. The molecule has 4 heteroatoms. The normalized spacial score (nSPS) is 11.5. The number of aliphatic imine (C=N–C) groups is 1. The highest BCUT2D eigenvalue weighted by Gasteiger charge is 2.21. The number of aromatic amines is 1. The molecule has 4 rings (SSSR count). The molecule has 0 fully saturated rings. The molecule has 0 aliphatic carbocycles. The smallest absolute Gasteiger partial charge is 0.338 e. The van der Waals surface area contributed by atoms with Gasteiger partial charge in [-0.05, 0) is 12.1 Å². The molecule has 1 aromatic heterocycles. The number of nitrogens with one attached hydrogen (secondary N) is 1. The van der Waals surface area contributed by atoms with Crippen LogP contribution in [0.4, 0.5) is 5.69 Å². The Bertz CT molecular complexity index is 1080. The van der Waals surface area contributed by atoms with Gasteiger partial charge in [-0.1, -0.05) is 78.9 Å². The van der Waals surface area contributed by atoms with Crippen LogP contribution in [-0.2, 0) is 0 Å². The summed E-state index contributed by atoms with van der Waals surface area (Å²) in [5.41, 5.74) is 3.66. The number of hydrogen-bond acceptors (Lipinski definition) is 3. The van der Waals surface area contributed by atoms with E-state index >= 15 is 0 Å². The first-order valence-electron chi connectivity index (χ1n) is 8.29. The summed E-state index contributed by atoms with van der Waals surface area (Å²) in [5.74, 6) is 0. The molecule has 3 aromatic carbocycles. The second-order valence-electron chi connectivity index (χ2n) is 5.77. The Morgan fingerprint density at radius 1 is 0.769 bits per heavy atom. The van der Waals surface area contributed by atoms with Crippen molar-refractivity contribution in [1.29, 1.82) is 0 Å². The van der Waals surface area contributed by atoms with Gasteiger partial charge in [0.15, 0.2) is 0 Å². The molecule has 26 heavy (non-hydrogen) atoms. The molecule has 0 saturated carbocycles. The van der Waals surface area contributed by atoms with Gasteiger partial charge < -0.3 is 4.52 Å². The maximum absolute atomic E-state index is 12.5. The summed E-state index contributed by atoms with van der Waals surface area (Å²) in [6.07, 6.45) is 0. The van der Waals surface area contributed by atoms with Gasteiger partial charge in [0.05, 0.1) is 17.1 Å². The van der Waals surface area contributed by atoms with E-state index in [2.05, 4.69) is 5.16 Å². The Hall–Kier alpha value is -3.66. The van der Waals surface area contributed by atoms with Crippen molar-refractivity contribution in [2.75, 3.05) is 0 Å². The molecular weight excluding hydrogens is 324 g/mol. The highest BCUT2D eigenvalue weighted by atomic mass is 16.5. The fraction of sp³-hybridized carbons (Fsp3) is 0. The summed E-state index contributed by atoms with van der Waals surface area (Å²) in [7, 11) is 0. The largest absolute Gasteiger partial charge is 0.367 e. The fourth-order valence-corrected chi connectivity index (χ4v) is 2.82. The molecule has 4 nitrogen and oxygen atoms in total. The van der Waals surface area contributed by atoms with Crippen molar-refractivity contribution in [2.24, 2.45) is 4.99 Å². The molecule has 0 atom stereocenters. The monoisotopic (exact) mass is 340 g/mol. The summed E-state index contributed by atoms with van der Waals surface area (Å²) in [4.78, 5) is 17.3. The van der Waals surface area contributed by atoms with Gasteiger partial charge in [0.2, 0.25) is 0 Å². The van der Waals surface area contributed by atoms with Gasteiger partial charge in [-0.2, -0.15) is 0 Å². The second kappa shape index (κ2) is 7.07. The standard InChI is InChI=1S/C22H16N2O2/c25-22-19(21(24-26-22)17-12-6-2-7-13-17)20(16-10-4-1-5-11-16)23-18-14-8-3-9-15-18/h1-15,24H. The van der Waals surface area contributed by atoms with Crippen molar-refractivity contribution in [2.45, 2.75) is 0 Å². The molecule has 0 radical (unpaired) electrons. The van der Waals surface area contributed by atoms with Gasteiger partial charge in [-0.3, -0.25) is 0 Å². The summed E-state index contributed by atoms with van der Waals surface area (Å²) in [5, 5.41) is 2.76. The lowest BCUT2D eigenvalue weighted by Crippen LogP contribution is -2.13. The van der Waals surface area contributed by atoms with Crippen LogP contribution in [0.25, 0.3) is 11.3 Å². The summed E-state index contributed by atoms with van der Waals surface area (Å²) in [6.45, 7) is 0. The van der Waals surface area contributed by atoms with E-state index in [0.29, 0.717) is 17.0 Å². The minimum Gasteiger partial charge on any atom is -0.338 e. The van der Waals surface area contributed by atoms with Crippen LogP contribution in [0, 0.1) is 0 Å². The molecule has 0 bridgehead atoms. The number of nitrogens with zero attached hydrogens (tertiary/aromatic N) is 1. The van der Waals surface area contributed by atoms with Crippen molar-refractivity contribution < 1.29 is 4.52 Å². The van der Waals surface area contributed by atoms with Crippen molar-refractivity contribution in [3.05, 3.63) is 113 Å². The topological polar surface area (TPSA) is 58.4 Å². The van der Waals surface area contributed by atoms with Crippen molar-refractivity contribution in [3.8, 4) is 11.3 Å². The average molecular weight is 340 g/mol. The molecule has 0 spiro atoms. The lowest BCUT2D eigenvalue weighted by Gasteiger charge is -2.07. The van der Waals surface area contributed by atoms with E-state index in [1.165, 1.54) is 0 Å². The molecule has 0 aliphatic heterocycles. The molecule has 0 amide bonds. The Morgan fingerprint density at radius 2 is 1.35 bits per heavy atom. The van der Waals surface area contributed by atoms with Gasteiger partial charge in [0.25, 0.3) is 0 Å². The van der Waals surface area contributed by atoms with E-state index in [-0.39, 0.29) is 0 Å². The van der Waals surface area contributed by atoms with Crippen LogP contribution >= 0.6 is 0 Å². The van der Waals surface area contributed by atoms with Gasteiger partial charge in [-0.15, -0.1) is 0 Å². The SMILES string of the molecule is O=c1o[nH]c(-c2ccccc2)c1C(=Nc1ccccc1)c1ccccc1. The van der Waals surface area contributed by atoms with Gasteiger partial charge in [-0.25, -0.2) is 14.9 Å². The Kier molecular flexibility index (Phi) is 4.31. The first-order chi connectivity index (χ1) is 12.8. The molecular formula is C22H16N2O2. The van der Waals surface area contributed by atoms with Crippen LogP contribution in [0.2, 0.25) is 0 Å². The van der Waals surface area contributed by atoms with Crippen LogP contribution in [0.1, 0.15) is 11.1 Å². The average Bonchev–Trinajstić information content (AvgIpc) is 3.09. The zero-order chi connectivity index (χ0) is 17.8. The number of rotatable bonds is 4. The number of benzene rings is 3. The van der Waals surface area contributed by atoms with Crippen molar-refractivity contribution in [1.82, 2.24) is 5.16 Å². The highest BCUT2D eigenvalue weighted by Crippen LogP contribution is 2.24. The first kappa shape index (κ1) is 15.8. The van der Waals surface area contributed by atoms with E-state index < -0.39 is 5.63 Å². The molecule has 126 valence electrons. The summed E-state index contributed by atoms with van der Waals surface area (Å²) >= 11 is 0. The van der Waals surface area contributed by atoms with Crippen LogP contribution in [-0.4, -0.2) is 10.9 Å². The number of aromatic nitrogens is 1. The van der Waals surface area contributed by atoms with E-state index in [4.69, 9.17) is 9.52 Å². The zero-order valence-electron chi connectivity index (χ0n) is 13.9. The van der Waals surface area contributed by atoms with E-state index in [9.17, 15) is 4.79 Å². The Labute approximate surface area is 150 Å².